The summed E-state index contributed by atoms with van der Waals surface area (Å²) in [6, 6.07) is 16.5. The van der Waals surface area contributed by atoms with Gasteiger partial charge in [-0.15, -0.1) is 0 Å². The van der Waals surface area contributed by atoms with Crippen molar-refractivity contribution in [3.05, 3.63) is 59.7 Å². The molecule has 0 saturated carbocycles. The van der Waals surface area contributed by atoms with Crippen molar-refractivity contribution in [1.82, 2.24) is 4.90 Å². The van der Waals surface area contributed by atoms with Crippen molar-refractivity contribution in [3.8, 4) is 11.1 Å². The van der Waals surface area contributed by atoms with Gasteiger partial charge in [0.05, 0.1) is 19.2 Å². The van der Waals surface area contributed by atoms with Crippen LogP contribution in [-0.4, -0.2) is 62.6 Å². The number of benzene rings is 2. The van der Waals surface area contributed by atoms with Crippen LogP contribution >= 0.6 is 0 Å². The third-order valence-electron chi connectivity index (χ3n) is 8.72. The Morgan fingerprint density at radius 2 is 1.57 bits per heavy atom. The van der Waals surface area contributed by atoms with Crippen molar-refractivity contribution in [2.45, 2.75) is 89.1 Å². The molecule has 37 heavy (non-hydrogen) atoms. The summed E-state index contributed by atoms with van der Waals surface area (Å²) in [7, 11) is -2.04. The third kappa shape index (κ3) is 4.65. The van der Waals surface area contributed by atoms with Crippen LogP contribution < -0.4 is 0 Å². The summed E-state index contributed by atoms with van der Waals surface area (Å²) in [6.45, 7) is 18.1. The number of ether oxygens (including phenoxy) is 3. The highest BCUT2D eigenvalue weighted by molar-refractivity contribution is 6.74. The topological polar surface area (TPSA) is 57.2 Å². The Kier molecular flexibility index (Phi) is 6.38. The van der Waals surface area contributed by atoms with Crippen LogP contribution in [0.25, 0.3) is 11.1 Å². The molecule has 2 fully saturated rings. The molecule has 1 amide bonds. The molecular formula is C30H41NO5Si. The van der Waals surface area contributed by atoms with Gasteiger partial charge in [0.15, 0.2) is 14.1 Å². The van der Waals surface area contributed by atoms with Gasteiger partial charge < -0.3 is 18.6 Å². The summed E-state index contributed by atoms with van der Waals surface area (Å²) >= 11 is 0. The number of hydrogen-bond acceptors (Lipinski definition) is 5. The average molecular weight is 524 g/mol. The van der Waals surface area contributed by atoms with E-state index in [2.05, 4.69) is 70.3 Å². The van der Waals surface area contributed by atoms with Gasteiger partial charge in [0.2, 0.25) is 0 Å². The SMILES string of the molecule is CC1(C)O[C@@H]2[C@@H](CO[Si](C)(C)C(C)(C)C)N(C(=O)OCC3c4ccccc4-c4ccccc43)C[C@]2(C)O1. The molecule has 0 bridgehead atoms. The summed E-state index contributed by atoms with van der Waals surface area (Å²) < 4.78 is 25.3. The van der Waals surface area contributed by atoms with E-state index in [4.69, 9.17) is 18.6 Å². The van der Waals surface area contributed by atoms with Gasteiger partial charge >= 0.3 is 6.09 Å². The third-order valence-corrected chi connectivity index (χ3v) is 13.2. The maximum absolute atomic E-state index is 13.6. The van der Waals surface area contributed by atoms with E-state index in [-0.39, 0.29) is 35.8 Å². The molecule has 0 unspecified atom stereocenters. The first kappa shape index (κ1) is 26.4. The van der Waals surface area contributed by atoms with Crippen LogP contribution in [0.4, 0.5) is 4.79 Å². The lowest BCUT2D eigenvalue weighted by molar-refractivity contribution is -0.173. The molecule has 200 valence electrons. The number of hydrogen-bond donors (Lipinski definition) is 0. The maximum Gasteiger partial charge on any atom is 0.410 e. The van der Waals surface area contributed by atoms with Crippen molar-refractivity contribution < 1.29 is 23.4 Å². The summed E-state index contributed by atoms with van der Waals surface area (Å²) in [5, 5.41) is 0.0653. The number of rotatable bonds is 5. The highest BCUT2D eigenvalue weighted by Crippen LogP contribution is 2.47. The van der Waals surface area contributed by atoms with Crippen LogP contribution in [0.3, 0.4) is 0 Å². The zero-order chi connectivity index (χ0) is 26.8. The molecular weight excluding hydrogens is 482 g/mol. The fraction of sp³-hybridized carbons (Fsp3) is 0.567. The van der Waals surface area contributed by atoms with Crippen LogP contribution in [0.15, 0.2) is 48.5 Å². The zero-order valence-electron chi connectivity index (χ0n) is 23.5. The molecule has 7 heteroatoms. The molecule has 2 heterocycles. The summed E-state index contributed by atoms with van der Waals surface area (Å²) in [4.78, 5) is 15.4. The quantitative estimate of drug-likeness (QED) is 0.416. The van der Waals surface area contributed by atoms with Crippen LogP contribution in [0, 0.1) is 0 Å². The number of fused-ring (bicyclic) bond motifs is 4. The fourth-order valence-corrected chi connectivity index (χ4v) is 6.89. The minimum absolute atomic E-state index is 0.0161. The van der Waals surface area contributed by atoms with Crippen molar-refractivity contribution in [2.75, 3.05) is 19.8 Å². The minimum Gasteiger partial charge on any atom is -0.448 e. The van der Waals surface area contributed by atoms with E-state index >= 15 is 0 Å². The first-order valence-corrected chi connectivity index (χ1v) is 16.3. The molecule has 3 aliphatic rings. The molecule has 6 nitrogen and oxygen atoms in total. The van der Waals surface area contributed by atoms with E-state index in [1.807, 2.05) is 32.9 Å². The van der Waals surface area contributed by atoms with E-state index in [9.17, 15) is 4.79 Å². The number of carbonyl (C=O) groups is 1. The Morgan fingerprint density at radius 3 is 2.14 bits per heavy atom. The largest absolute Gasteiger partial charge is 0.448 e. The number of amides is 1. The highest BCUT2D eigenvalue weighted by Gasteiger charge is 2.62. The van der Waals surface area contributed by atoms with Crippen molar-refractivity contribution in [2.24, 2.45) is 0 Å². The van der Waals surface area contributed by atoms with Crippen LogP contribution in [0.2, 0.25) is 18.1 Å². The first-order chi connectivity index (χ1) is 17.2. The standard InChI is InChI=1S/C30H41NO5Si/c1-28(2,3)37(7,8)34-18-25-26-30(6,36-29(4,5)35-26)19-31(25)27(32)33-17-24-22-15-11-9-13-20(22)21-14-10-12-16-23(21)24/h9-16,24-26H,17-19H2,1-8H3/t25-,26-,30+/m1/s1. The first-order valence-electron chi connectivity index (χ1n) is 13.4. The number of carbonyl (C=O) groups excluding carboxylic acids is 1. The Balaban J connectivity index is 1.35. The number of nitrogens with zero attached hydrogens (tertiary/aromatic N) is 1. The van der Waals surface area contributed by atoms with Crippen molar-refractivity contribution in [3.63, 3.8) is 0 Å². The molecule has 0 radical (unpaired) electrons. The zero-order valence-corrected chi connectivity index (χ0v) is 24.5. The average Bonchev–Trinajstić information content (AvgIpc) is 3.36. The minimum atomic E-state index is -2.04. The highest BCUT2D eigenvalue weighted by atomic mass is 28.4. The monoisotopic (exact) mass is 523 g/mol. The van der Waals surface area contributed by atoms with Crippen molar-refractivity contribution >= 4 is 14.4 Å². The Labute approximate surface area is 222 Å². The molecule has 1 aliphatic carbocycles. The summed E-state index contributed by atoms with van der Waals surface area (Å²) in [5.41, 5.74) is 4.22. The second-order valence-corrected chi connectivity index (χ2v) is 17.7. The molecule has 2 aliphatic heterocycles. The van der Waals surface area contributed by atoms with E-state index in [1.54, 1.807) is 4.90 Å². The van der Waals surface area contributed by atoms with Gasteiger partial charge in [-0.1, -0.05) is 69.3 Å². The lowest BCUT2D eigenvalue weighted by Crippen LogP contribution is -2.49. The van der Waals surface area contributed by atoms with E-state index < -0.39 is 19.7 Å². The lowest BCUT2D eigenvalue weighted by atomic mass is 9.98. The molecule has 0 N–H and O–H groups in total. The predicted octanol–water partition coefficient (Wildman–Crippen LogP) is 6.55. The van der Waals surface area contributed by atoms with Gasteiger partial charge in [-0.25, -0.2) is 4.79 Å². The van der Waals surface area contributed by atoms with Crippen LogP contribution in [0.5, 0.6) is 0 Å². The predicted molar refractivity (Wildman–Crippen MR) is 147 cm³/mol. The van der Waals surface area contributed by atoms with Gasteiger partial charge in [-0.2, -0.15) is 0 Å². The number of likely N-dealkylation sites (tertiary alicyclic amines) is 1. The smallest absolute Gasteiger partial charge is 0.410 e. The summed E-state index contributed by atoms with van der Waals surface area (Å²) in [5.74, 6) is -0.690. The lowest BCUT2D eigenvalue weighted by Gasteiger charge is -2.38. The van der Waals surface area contributed by atoms with E-state index in [0.717, 1.165) is 0 Å². The van der Waals surface area contributed by atoms with Gasteiger partial charge in [0.25, 0.3) is 0 Å². The van der Waals surface area contributed by atoms with Crippen LogP contribution in [0.1, 0.15) is 58.6 Å². The Bertz CT molecular complexity index is 1140. The normalized spacial score (nSPS) is 26.6. The van der Waals surface area contributed by atoms with Gasteiger partial charge in [0.1, 0.15) is 18.3 Å². The summed E-state index contributed by atoms with van der Waals surface area (Å²) in [6.07, 6.45) is -0.626. The second kappa shape index (κ2) is 8.94. The van der Waals surface area contributed by atoms with E-state index in [1.165, 1.54) is 22.3 Å². The molecule has 2 saturated heterocycles. The van der Waals surface area contributed by atoms with Gasteiger partial charge in [0, 0.05) is 5.92 Å². The molecule has 5 rings (SSSR count). The molecule has 0 aromatic heterocycles. The Hall–Kier alpha value is -2.19. The van der Waals surface area contributed by atoms with E-state index in [0.29, 0.717) is 13.2 Å². The molecule has 2 aromatic rings. The van der Waals surface area contributed by atoms with Gasteiger partial charge in [-0.3, -0.25) is 4.90 Å². The van der Waals surface area contributed by atoms with Crippen LogP contribution in [-0.2, 0) is 18.6 Å². The molecule has 2 aromatic carbocycles. The fourth-order valence-electron chi connectivity index (χ4n) is 5.87. The Morgan fingerprint density at radius 1 is 1.00 bits per heavy atom. The second-order valence-electron chi connectivity index (χ2n) is 12.9. The molecule has 0 spiro atoms. The maximum atomic E-state index is 13.6. The van der Waals surface area contributed by atoms with Gasteiger partial charge in [-0.05, 0) is 61.2 Å². The van der Waals surface area contributed by atoms with Crippen molar-refractivity contribution in [1.29, 1.82) is 0 Å². The molecule has 3 atom stereocenters.